The van der Waals surface area contributed by atoms with Crippen molar-refractivity contribution in [3.05, 3.63) is 39.4 Å². The van der Waals surface area contributed by atoms with Gasteiger partial charge in [-0.15, -0.1) is 0 Å². The summed E-state index contributed by atoms with van der Waals surface area (Å²) in [5.74, 6) is 0. The third-order valence-electron chi connectivity index (χ3n) is 0. The molecule has 0 atom stereocenters. The first-order chi connectivity index (χ1) is 8.00. The average molecular weight is 474 g/mol. The van der Waals surface area contributed by atoms with Gasteiger partial charge in [-0.2, -0.15) is 0 Å². The molecule has 115 valence electrons. The van der Waals surface area contributed by atoms with Crippen molar-refractivity contribution in [2.45, 2.75) is 0 Å². The Balaban J connectivity index is -0.00000000629. The van der Waals surface area contributed by atoms with E-state index in [2.05, 4.69) is 0 Å². The molecule has 0 heterocycles. The summed E-state index contributed by atoms with van der Waals surface area (Å²) >= 11 is 0. The molecular weight excluding hydrogens is 474 g/mol. The van der Waals surface area contributed by atoms with Crippen molar-refractivity contribution in [1.29, 1.82) is 31.6 Å². The van der Waals surface area contributed by atoms with Gasteiger partial charge in [-0.3, -0.25) is 8.42 Å². The Bertz CT molecular complexity index is 275. The maximum Gasteiger partial charge on any atom is 3.00 e. The minimum atomic E-state index is -5.17. The quantitative estimate of drug-likeness (QED) is 0.144. The summed E-state index contributed by atoms with van der Waals surface area (Å²) < 4.78 is 34.1. The number of nitrogens with zero attached hydrogens (tertiary/aromatic N) is 6. The Labute approximate surface area is 198 Å². The maximum absolute atomic E-state index is 8.52. The Morgan fingerprint density at radius 3 is 0.571 bits per heavy atom. The fraction of sp³-hybridized carbons (Fsp3) is 0. The predicted octanol–water partition coefficient (Wildman–Crippen LogP) is -3.76. The Hall–Kier alpha value is 0.00481. The molecule has 0 aliphatic rings. The van der Waals surface area contributed by atoms with Crippen LogP contribution in [0.1, 0.15) is 0 Å². The fourth-order valence-corrected chi connectivity index (χ4v) is 0. The summed E-state index contributed by atoms with van der Waals surface area (Å²) in [7, 11) is -5.17. The van der Waals surface area contributed by atoms with Crippen molar-refractivity contribution in [1.82, 2.24) is 0 Å². The SMILES string of the molecule is O=S(=O)([O-])[O-].[C-]#N.[C-]#N.[C-]#N.[C-]#N.[C-]#N.[C-]#N.[Cu+2].[Cu+2].[Fe+3].[K+]. The Morgan fingerprint density at radius 1 is 0.571 bits per heavy atom. The van der Waals surface area contributed by atoms with Crippen molar-refractivity contribution in [2.24, 2.45) is 0 Å². The van der Waals surface area contributed by atoms with E-state index in [1.807, 2.05) is 0 Å². The number of hydrogen-bond donors (Lipinski definition) is 0. The summed E-state index contributed by atoms with van der Waals surface area (Å²) in [5, 5.41) is 37.5. The third-order valence-corrected chi connectivity index (χ3v) is 0. The van der Waals surface area contributed by atoms with Crippen LogP contribution in [-0.2, 0) is 61.6 Å². The van der Waals surface area contributed by atoms with E-state index in [0.717, 1.165) is 0 Å². The number of rotatable bonds is 0. The average Bonchev–Trinajstić information content (AvgIpc) is 2.41. The molecule has 0 fully saturated rings. The van der Waals surface area contributed by atoms with Gasteiger partial charge in [0.2, 0.25) is 0 Å². The van der Waals surface area contributed by atoms with Crippen LogP contribution in [0.4, 0.5) is 0 Å². The second kappa shape index (κ2) is 200. The standard InChI is InChI=1S/6CN.2Cu.Fe.K.H2O4S/c6*1-2;;;;;1-5(2,3)4/h;;;;;;;;;;(H2,1,2,3,4)/q6*-1;2*+2;+3;+1;/p-2. The monoisotopic (exact) mass is 473 g/mol. The van der Waals surface area contributed by atoms with Crippen molar-refractivity contribution >= 4 is 10.4 Å². The largest absolute Gasteiger partial charge is 3.00 e. The fourth-order valence-electron chi connectivity index (χ4n) is 0. The molecule has 0 aromatic carbocycles. The normalized spacial score (nSPS) is 3.33. The van der Waals surface area contributed by atoms with Crippen LogP contribution < -0.4 is 51.4 Å². The van der Waals surface area contributed by atoms with Crippen molar-refractivity contribution in [3.8, 4) is 0 Å². The zero-order valence-corrected chi connectivity index (χ0v) is 16.6. The van der Waals surface area contributed by atoms with Gasteiger partial charge < -0.3 is 80.1 Å². The molecule has 10 nitrogen and oxygen atoms in total. The van der Waals surface area contributed by atoms with Crippen LogP contribution in [0.25, 0.3) is 0 Å². The van der Waals surface area contributed by atoms with Gasteiger partial charge in [0, 0.05) is 10.4 Å². The predicted molar refractivity (Wildman–Crippen MR) is 40.3 cm³/mol. The molecule has 0 aromatic rings. The Kier molecular flexibility index (Phi) is 801. The van der Waals surface area contributed by atoms with Crippen LogP contribution in [0.5, 0.6) is 0 Å². The Morgan fingerprint density at radius 2 is 0.571 bits per heavy atom. The van der Waals surface area contributed by atoms with E-state index in [-0.39, 0.29) is 103 Å². The van der Waals surface area contributed by atoms with Crippen LogP contribution in [0.2, 0.25) is 0 Å². The van der Waals surface area contributed by atoms with E-state index in [0.29, 0.717) is 0 Å². The molecule has 0 aromatic heterocycles. The molecular formula is C6Cu2FeKN6O4S. The smallest absolute Gasteiger partial charge is 0.759 e. The zero-order chi connectivity index (χ0) is 16.5. The van der Waals surface area contributed by atoms with Crippen molar-refractivity contribution < 1.29 is 120 Å². The molecule has 15 heteroatoms. The van der Waals surface area contributed by atoms with E-state index < -0.39 is 10.4 Å². The molecule has 0 bridgehead atoms. The van der Waals surface area contributed by atoms with Crippen LogP contribution in [0.15, 0.2) is 0 Å². The summed E-state index contributed by atoms with van der Waals surface area (Å²) in [4.78, 5) is 0. The van der Waals surface area contributed by atoms with E-state index in [1.165, 1.54) is 0 Å². The molecule has 0 unspecified atom stereocenters. The third kappa shape index (κ3) is 281000000. The van der Waals surface area contributed by atoms with Gasteiger partial charge in [0.15, 0.2) is 0 Å². The molecule has 0 saturated carbocycles. The second-order valence-electron chi connectivity index (χ2n) is 0.408. The molecule has 3 radical (unpaired) electrons. The van der Waals surface area contributed by atoms with Crippen LogP contribution in [0.3, 0.4) is 0 Å². The molecule has 21 heavy (non-hydrogen) atoms. The zero-order valence-electron chi connectivity index (χ0n) is 9.68. The van der Waals surface area contributed by atoms with Crippen molar-refractivity contribution in [2.75, 3.05) is 0 Å². The van der Waals surface area contributed by atoms with Crippen LogP contribution in [0, 0.1) is 71.0 Å². The summed E-state index contributed by atoms with van der Waals surface area (Å²) in [6.45, 7) is 28.5. The van der Waals surface area contributed by atoms with Gasteiger partial charge in [-0.05, 0) is 0 Å². The summed E-state index contributed by atoms with van der Waals surface area (Å²) in [6, 6.07) is 0. The molecule has 0 amide bonds. The van der Waals surface area contributed by atoms with Gasteiger partial charge in [0.25, 0.3) is 0 Å². The van der Waals surface area contributed by atoms with Crippen LogP contribution >= 0.6 is 0 Å². The minimum Gasteiger partial charge on any atom is -0.759 e. The molecule has 0 saturated heterocycles. The van der Waals surface area contributed by atoms with Crippen LogP contribution in [-0.4, -0.2) is 17.5 Å². The van der Waals surface area contributed by atoms with Gasteiger partial charge in [0.05, 0.1) is 0 Å². The van der Waals surface area contributed by atoms with Gasteiger partial charge in [0.1, 0.15) is 0 Å². The van der Waals surface area contributed by atoms with E-state index in [9.17, 15) is 0 Å². The molecule has 0 rings (SSSR count). The van der Waals surface area contributed by atoms with E-state index in [1.54, 1.807) is 0 Å². The number of hydrogen-bond acceptors (Lipinski definition) is 10. The van der Waals surface area contributed by atoms with E-state index >= 15 is 0 Å². The molecule has 0 aliphatic heterocycles. The molecule has 0 aliphatic carbocycles. The first-order valence-corrected chi connectivity index (χ1v) is 3.34. The summed E-state index contributed by atoms with van der Waals surface area (Å²) in [5.41, 5.74) is 0. The first kappa shape index (κ1) is 84.0. The summed E-state index contributed by atoms with van der Waals surface area (Å²) in [6.07, 6.45) is 0. The molecule has 0 N–H and O–H groups in total. The van der Waals surface area contributed by atoms with Gasteiger partial charge >= 0.3 is 103 Å². The maximum atomic E-state index is 8.52. The van der Waals surface area contributed by atoms with Gasteiger partial charge in [-0.25, -0.2) is 0 Å². The first-order valence-electron chi connectivity index (χ1n) is 2.01. The molecule has 0 spiro atoms. The van der Waals surface area contributed by atoms with Crippen molar-refractivity contribution in [3.63, 3.8) is 0 Å². The minimum absolute atomic E-state index is 0. The second-order valence-corrected chi connectivity index (χ2v) is 1.22. The topological polar surface area (TPSA) is 223 Å². The van der Waals surface area contributed by atoms with Gasteiger partial charge in [-0.1, -0.05) is 0 Å². The van der Waals surface area contributed by atoms with E-state index in [4.69, 9.17) is 88.5 Å².